The van der Waals surface area contributed by atoms with Crippen molar-refractivity contribution in [2.45, 2.75) is 0 Å². The molecule has 0 unspecified atom stereocenters. The van der Waals surface area contributed by atoms with E-state index in [1.807, 2.05) is 24.0 Å². The molecule has 4 heteroatoms. The van der Waals surface area contributed by atoms with Crippen molar-refractivity contribution in [3.8, 4) is 0 Å². The average molecular weight is 180 g/mol. The molecule has 40 valence electrons. The van der Waals surface area contributed by atoms with Crippen LogP contribution in [0.4, 0.5) is 0 Å². The number of hydrogen-bond acceptors (Lipinski definition) is 1. The molecule has 0 aliphatic carbocycles. The van der Waals surface area contributed by atoms with Crippen LogP contribution < -0.4 is 0 Å². The number of nitrogens with zero attached hydrogens (tertiary/aromatic N) is 1. The van der Waals surface area contributed by atoms with Crippen molar-refractivity contribution in [1.82, 2.24) is 9.55 Å². The number of H-pyrrole nitrogens is 1. The summed E-state index contributed by atoms with van der Waals surface area (Å²) in [5.41, 5.74) is 0. The smallest absolute Gasteiger partial charge is 0.176 e. The molecule has 1 heterocycles. The van der Waals surface area contributed by atoms with Gasteiger partial charge in [0.2, 0.25) is 0 Å². The van der Waals surface area contributed by atoms with Crippen molar-refractivity contribution < 1.29 is 19.5 Å². The Hall–Kier alpha value is 0.0534. The van der Waals surface area contributed by atoms with Crippen molar-refractivity contribution in [1.29, 1.82) is 0 Å². The van der Waals surface area contributed by atoms with E-state index in [9.17, 15) is 0 Å². The Morgan fingerprint density at radius 1 is 1.75 bits per heavy atom. The molecule has 0 atom stereocenters. The second kappa shape index (κ2) is 3.15. The summed E-state index contributed by atoms with van der Waals surface area (Å²) in [4.78, 5) is 2.85. The van der Waals surface area contributed by atoms with Crippen LogP contribution in [0.25, 0.3) is 0 Å². The molecule has 8 heavy (non-hydrogen) atoms. The van der Waals surface area contributed by atoms with E-state index in [1.165, 1.54) is 0 Å². The van der Waals surface area contributed by atoms with Gasteiger partial charge in [0, 0.05) is 38.9 Å². The Bertz CT molecular complexity index is 202. The van der Waals surface area contributed by atoms with Gasteiger partial charge in [-0.25, -0.2) is 0 Å². The molecule has 0 bridgehead atoms. The van der Waals surface area contributed by atoms with Gasteiger partial charge in [0.05, 0.1) is 0 Å². The van der Waals surface area contributed by atoms with Crippen LogP contribution in [0.3, 0.4) is 0 Å². The van der Waals surface area contributed by atoms with Crippen molar-refractivity contribution in [3.63, 3.8) is 0 Å². The van der Waals surface area contributed by atoms with E-state index < -0.39 is 0 Å². The second-order valence-electron chi connectivity index (χ2n) is 1.38. The first-order valence-electron chi connectivity index (χ1n) is 2.01. The fourth-order valence-corrected chi connectivity index (χ4v) is 0.519. The van der Waals surface area contributed by atoms with Crippen LogP contribution in [-0.2, 0) is 26.5 Å². The van der Waals surface area contributed by atoms with Crippen LogP contribution in [0.2, 0.25) is 0 Å². The molecule has 1 aromatic heterocycles. The first-order chi connectivity index (χ1) is 3.30. The third kappa shape index (κ3) is 1.53. The molecule has 2 nitrogen and oxygen atoms in total. The molecule has 1 aromatic rings. The summed E-state index contributed by atoms with van der Waals surface area (Å²) in [5.74, 6) is 0. The van der Waals surface area contributed by atoms with Gasteiger partial charge < -0.3 is 9.55 Å². The van der Waals surface area contributed by atoms with Crippen molar-refractivity contribution >= 4 is 12.2 Å². The standard InChI is InChI=1S/C4H6N2S.Zn/c1-6-3-2-5-4(6)7;/h2-3H,1H3,(H,5,7);. The molecule has 0 aromatic carbocycles. The summed E-state index contributed by atoms with van der Waals surface area (Å²) < 4.78 is 2.61. The van der Waals surface area contributed by atoms with Gasteiger partial charge in [-0.3, -0.25) is 0 Å². The van der Waals surface area contributed by atoms with Gasteiger partial charge in [-0.1, -0.05) is 0 Å². The fourth-order valence-electron chi connectivity index (χ4n) is 0.390. The SMILES string of the molecule is Cn1cc[nH]c1=S.[Zn]. The summed E-state index contributed by atoms with van der Waals surface area (Å²) in [6, 6.07) is 0. The van der Waals surface area contributed by atoms with Crippen LogP contribution in [0.1, 0.15) is 0 Å². The summed E-state index contributed by atoms with van der Waals surface area (Å²) in [6.45, 7) is 0. The summed E-state index contributed by atoms with van der Waals surface area (Å²) in [7, 11) is 1.90. The molecule has 0 spiro atoms. The number of aryl methyl sites for hydroxylation is 1. The Kier molecular flexibility index (Phi) is 3.17. The van der Waals surface area contributed by atoms with Crippen LogP contribution in [-0.4, -0.2) is 9.55 Å². The van der Waals surface area contributed by atoms with Gasteiger partial charge in [0.25, 0.3) is 0 Å². The maximum Gasteiger partial charge on any atom is 0.176 e. The topological polar surface area (TPSA) is 20.7 Å². The summed E-state index contributed by atoms with van der Waals surface area (Å²) in [5, 5.41) is 0. The third-order valence-corrected chi connectivity index (χ3v) is 1.23. The van der Waals surface area contributed by atoms with Gasteiger partial charge in [-0.2, -0.15) is 0 Å². The van der Waals surface area contributed by atoms with E-state index in [4.69, 9.17) is 12.2 Å². The van der Waals surface area contributed by atoms with Crippen LogP contribution >= 0.6 is 12.2 Å². The zero-order valence-corrected chi connectivity index (χ0v) is 8.50. The Balaban J connectivity index is 0.000000490. The minimum atomic E-state index is 0. The minimum absolute atomic E-state index is 0. The van der Waals surface area contributed by atoms with E-state index >= 15 is 0 Å². The predicted molar refractivity (Wildman–Crippen MR) is 30.6 cm³/mol. The molecule has 0 aliphatic rings. The fraction of sp³-hybridized carbons (Fsp3) is 0.250. The molecule has 0 aliphatic heterocycles. The monoisotopic (exact) mass is 178 g/mol. The average Bonchev–Trinajstić information content (AvgIpc) is 1.91. The normalized spacial score (nSPS) is 8.12. The van der Waals surface area contributed by atoms with Gasteiger partial charge in [0.1, 0.15) is 0 Å². The number of aromatic amines is 1. The molecule has 0 amide bonds. The quantitative estimate of drug-likeness (QED) is 0.467. The van der Waals surface area contributed by atoms with Gasteiger partial charge in [-0.15, -0.1) is 0 Å². The van der Waals surface area contributed by atoms with Crippen molar-refractivity contribution in [2.75, 3.05) is 0 Å². The maximum atomic E-state index is 4.79. The largest absolute Gasteiger partial charge is 0.337 e. The van der Waals surface area contributed by atoms with Crippen molar-refractivity contribution in [3.05, 3.63) is 17.2 Å². The van der Waals surface area contributed by atoms with Crippen LogP contribution in [0.5, 0.6) is 0 Å². The second-order valence-corrected chi connectivity index (χ2v) is 1.76. The Morgan fingerprint density at radius 2 is 2.38 bits per heavy atom. The van der Waals surface area contributed by atoms with Crippen LogP contribution in [0, 0.1) is 4.77 Å². The van der Waals surface area contributed by atoms with Gasteiger partial charge in [-0.05, 0) is 12.2 Å². The van der Waals surface area contributed by atoms with Gasteiger partial charge >= 0.3 is 0 Å². The number of rotatable bonds is 0. The van der Waals surface area contributed by atoms with E-state index in [0.29, 0.717) is 0 Å². The molecule has 0 saturated heterocycles. The molecular formula is C4H6N2SZn. The first-order valence-corrected chi connectivity index (χ1v) is 2.41. The molecule has 1 rings (SSSR count). The summed E-state index contributed by atoms with van der Waals surface area (Å²) >= 11 is 4.79. The summed E-state index contributed by atoms with van der Waals surface area (Å²) in [6.07, 6.45) is 3.69. The Morgan fingerprint density at radius 3 is 2.50 bits per heavy atom. The Labute approximate surface area is 65.7 Å². The zero-order chi connectivity index (χ0) is 5.28. The molecule has 0 radical (unpaired) electrons. The van der Waals surface area contributed by atoms with Gasteiger partial charge in [0.15, 0.2) is 4.77 Å². The molecular weight excluding hydrogens is 174 g/mol. The minimum Gasteiger partial charge on any atom is -0.337 e. The number of aromatic nitrogens is 2. The maximum absolute atomic E-state index is 4.79. The number of hydrogen-bond donors (Lipinski definition) is 1. The predicted octanol–water partition coefficient (Wildman–Crippen LogP) is 1.08. The van der Waals surface area contributed by atoms with E-state index in [2.05, 4.69) is 4.98 Å². The van der Waals surface area contributed by atoms with E-state index in [0.717, 1.165) is 4.77 Å². The van der Waals surface area contributed by atoms with Crippen molar-refractivity contribution in [2.24, 2.45) is 7.05 Å². The third-order valence-electron chi connectivity index (χ3n) is 0.825. The van der Waals surface area contributed by atoms with Crippen LogP contribution in [0.15, 0.2) is 12.4 Å². The zero-order valence-electron chi connectivity index (χ0n) is 4.72. The molecule has 0 fully saturated rings. The number of nitrogens with one attached hydrogen (secondary N) is 1. The number of imidazole rings is 1. The first kappa shape index (κ1) is 8.05. The van der Waals surface area contributed by atoms with E-state index in [1.54, 1.807) is 0 Å². The molecule has 0 saturated carbocycles. The van der Waals surface area contributed by atoms with E-state index in [-0.39, 0.29) is 19.5 Å². The molecule has 1 N–H and O–H groups in total.